The van der Waals surface area contributed by atoms with E-state index in [9.17, 15) is 14.4 Å². The quantitative estimate of drug-likeness (QED) is 0.376. The van der Waals surface area contributed by atoms with Crippen LogP contribution in [0.5, 0.6) is 0 Å². The fourth-order valence-corrected chi connectivity index (χ4v) is 3.54. The summed E-state index contributed by atoms with van der Waals surface area (Å²) in [6.07, 6.45) is 2.08. The van der Waals surface area contributed by atoms with Gasteiger partial charge in [-0.15, -0.1) is 0 Å². The van der Waals surface area contributed by atoms with Gasteiger partial charge in [-0.2, -0.15) is 0 Å². The van der Waals surface area contributed by atoms with Crippen molar-refractivity contribution in [3.05, 3.63) is 114 Å². The molecule has 0 saturated carbocycles. The number of ketones is 2. The van der Waals surface area contributed by atoms with Crippen molar-refractivity contribution >= 4 is 23.4 Å². The second-order valence-electron chi connectivity index (χ2n) is 7.72. The van der Waals surface area contributed by atoms with Crippen LogP contribution in [0.4, 0.5) is 5.95 Å². The third-order valence-electron chi connectivity index (χ3n) is 5.34. The number of hydrogen-bond acceptors (Lipinski definition) is 5. The van der Waals surface area contributed by atoms with Crippen LogP contribution >= 0.6 is 0 Å². The van der Waals surface area contributed by atoms with Gasteiger partial charge in [0.15, 0.2) is 5.78 Å². The third kappa shape index (κ3) is 5.30. The van der Waals surface area contributed by atoms with Gasteiger partial charge in [0, 0.05) is 29.3 Å². The first kappa shape index (κ1) is 22.7. The van der Waals surface area contributed by atoms with Crippen LogP contribution < -0.4 is 5.32 Å². The number of anilines is 1. The van der Waals surface area contributed by atoms with Crippen LogP contribution in [-0.2, 0) is 11.2 Å². The first-order valence-corrected chi connectivity index (χ1v) is 11.0. The van der Waals surface area contributed by atoms with E-state index in [-0.39, 0.29) is 35.5 Å². The molecule has 0 atom stereocenters. The highest BCUT2D eigenvalue weighted by molar-refractivity contribution is 6.11. The number of nitrogens with zero attached hydrogens (tertiary/aromatic N) is 2. The Hall–Kier alpha value is -4.45. The van der Waals surface area contributed by atoms with E-state index in [0.717, 1.165) is 11.1 Å². The molecule has 0 aliphatic rings. The van der Waals surface area contributed by atoms with Crippen molar-refractivity contribution in [3.63, 3.8) is 0 Å². The molecule has 4 aromatic rings. The molecule has 0 radical (unpaired) electrons. The van der Waals surface area contributed by atoms with E-state index in [1.165, 1.54) is 0 Å². The fraction of sp³-hybridized carbons (Fsp3) is 0.107. The maximum atomic E-state index is 13.3. The average molecular weight is 450 g/mol. The molecule has 0 unspecified atom stereocenters. The van der Waals surface area contributed by atoms with E-state index >= 15 is 0 Å². The molecule has 6 heteroatoms. The lowest BCUT2D eigenvalue weighted by Gasteiger charge is -2.11. The van der Waals surface area contributed by atoms with Crippen molar-refractivity contribution in [1.29, 1.82) is 0 Å². The largest absolute Gasteiger partial charge is 0.294 e. The molecule has 4 rings (SSSR count). The summed E-state index contributed by atoms with van der Waals surface area (Å²) in [4.78, 5) is 46.4. The summed E-state index contributed by atoms with van der Waals surface area (Å²) < 4.78 is 0. The lowest BCUT2D eigenvalue weighted by molar-refractivity contribution is -0.115. The zero-order valence-corrected chi connectivity index (χ0v) is 18.7. The molecular weight excluding hydrogens is 426 g/mol. The van der Waals surface area contributed by atoms with Crippen molar-refractivity contribution in [2.45, 2.75) is 19.8 Å². The van der Waals surface area contributed by atoms with E-state index in [4.69, 9.17) is 0 Å². The van der Waals surface area contributed by atoms with Gasteiger partial charge in [0.1, 0.15) is 5.69 Å². The highest BCUT2D eigenvalue weighted by Crippen LogP contribution is 2.25. The maximum absolute atomic E-state index is 13.3. The number of nitrogens with one attached hydrogen (secondary N) is 1. The summed E-state index contributed by atoms with van der Waals surface area (Å²) in [5, 5.41) is 2.68. The molecule has 168 valence electrons. The first-order valence-electron chi connectivity index (χ1n) is 11.0. The van der Waals surface area contributed by atoms with Gasteiger partial charge in [0.05, 0.1) is 6.42 Å². The lowest BCUT2D eigenvalue weighted by atomic mass is 10.00. The van der Waals surface area contributed by atoms with Crippen molar-refractivity contribution in [2.75, 3.05) is 5.32 Å². The number of aromatic nitrogens is 2. The van der Waals surface area contributed by atoms with Gasteiger partial charge in [-0.05, 0) is 11.1 Å². The number of Topliss-reactive ketones (excluding diaryl/α,β-unsaturated/α-hetero) is 1. The van der Waals surface area contributed by atoms with E-state index in [1.54, 1.807) is 54.7 Å². The Morgan fingerprint density at radius 2 is 1.44 bits per heavy atom. The number of carbonyl (C=O) groups is 3. The van der Waals surface area contributed by atoms with Crippen molar-refractivity contribution < 1.29 is 14.4 Å². The van der Waals surface area contributed by atoms with E-state index in [0.29, 0.717) is 23.1 Å². The van der Waals surface area contributed by atoms with E-state index in [2.05, 4.69) is 15.3 Å². The molecule has 1 heterocycles. The Kier molecular flexibility index (Phi) is 6.98. The zero-order chi connectivity index (χ0) is 23.9. The number of rotatable bonds is 8. The minimum Gasteiger partial charge on any atom is -0.294 e. The summed E-state index contributed by atoms with van der Waals surface area (Å²) in [5.41, 5.74) is 3.48. The molecule has 1 aromatic heterocycles. The minimum absolute atomic E-state index is 0.0542. The van der Waals surface area contributed by atoms with Gasteiger partial charge >= 0.3 is 0 Å². The molecule has 0 bridgehead atoms. The minimum atomic E-state index is -0.319. The van der Waals surface area contributed by atoms with Crippen LogP contribution in [0.1, 0.15) is 45.3 Å². The molecule has 0 saturated heterocycles. The molecule has 0 fully saturated rings. The van der Waals surface area contributed by atoms with Gasteiger partial charge < -0.3 is 0 Å². The van der Waals surface area contributed by atoms with Crippen LogP contribution in [0.3, 0.4) is 0 Å². The fourth-order valence-electron chi connectivity index (χ4n) is 3.54. The molecular formula is C28H23N3O3. The Labute approximate surface area is 197 Å². The molecule has 6 nitrogen and oxygen atoms in total. The Morgan fingerprint density at radius 3 is 2.09 bits per heavy atom. The number of benzene rings is 3. The van der Waals surface area contributed by atoms with Crippen molar-refractivity contribution in [1.82, 2.24) is 9.97 Å². The Morgan fingerprint density at radius 1 is 0.794 bits per heavy atom. The van der Waals surface area contributed by atoms with Gasteiger partial charge in [-0.3, -0.25) is 19.7 Å². The maximum Gasteiger partial charge on any atom is 0.231 e. The Bertz CT molecular complexity index is 1320. The monoisotopic (exact) mass is 449 g/mol. The van der Waals surface area contributed by atoms with Crippen LogP contribution in [0.25, 0.3) is 11.1 Å². The Balaban J connectivity index is 1.58. The van der Waals surface area contributed by atoms with Gasteiger partial charge in [0.2, 0.25) is 17.6 Å². The molecule has 34 heavy (non-hydrogen) atoms. The highest BCUT2D eigenvalue weighted by atomic mass is 16.2. The van der Waals surface area contributed by atoms with E-state index < -0.39 is 0 Å². The number of amides is 1. The van der Waals surface area contributed by atoms with Crippen LogP contribution in [-0.4, -0.2) is 27.4 Å². The van der Waals surface area contributed by atoms with Crippen molar-refractivity contribution in [3.8, 4) is 11.1 Å². The van der Waals surface area contributed by atoms with Crippen LogP contribution in [0, 0.1) is 0 Å². The van der Waals surface area contributed by atoms with Gasteiger partial charge in [0.25, 0.3) is 0 Å². The van der Waals surface area contributed by atoms with Crippen LogP contribution in [0.2, 0.25) is 0 Å². The van der Waals surface area contributed by atoms with E-state index in [1.807, 2.05) is 43.3 Å². The first-order chi connectivity index (χ1) is 16.5. The van der Waals surface area contributed by atoms with Crippen molar-refractivity contribution in [2.24, 2.45) is 0 Å². The molecule has 0 aliphatic heterocycles. The summed E-state index contributed by atoms with van der Waals surface area (Å²) in [7, 11) is 0. The average Bonchev–Trinajstić information content (AvgIpc) is 2.89. The predicted octanol–water partition coefficient (Wildman–Crippen LogP) is 5.15. The second-order valence-corrected chi connectivity index (χ2v) is 7.72. The lowest BCUT2D eigenvalue weighted by Crippen LogP contribution is -2.18. The number of hydrogen-bond donors (Lipinski definition) is 1. The van der Waals surface area contributed by atoms with Gasteiger partial charge in [-0.1, -0.05) is 91.9 Å². The summed E-state index contributed by atoms with van der Waals surface area (Å²) in [6.45, 7) is 1.81. The highest BCUT2D eigenvalue weighted by Gasteiger charge is 2.19. The third-order valence-corrected chi connectivity index (χ3v) is 5.34. The number of carbonyl (C=O) groups excluding carboxylic acids is 3. The second kappa shape index (κ2) is 10.4. The summed E-state index contributed by atoms with van der Waals surface area (Å²) >= 11 is 0. The molecule has 1 N–H and O–H groups in total. The van der Waals surface area contributed by atoms with Crippen LogP contribution in [0.15, 0.2) is 91.1 Å². The molecule has 1 amide bonds. The standard InChI is InChI=1S/C28H23N3O3/c1-2-24(32)21-15-13-19(14-16-21)17-25(33)30-28-29-18-23(20-9-5-3-6-10-20)26(31-28)27(34)22-11-7-4-8-12-22/h3-16,18H,2,17H2,1H3,(H,29,30,31,33). The molecule has 0 spiro atoms. The zero-order valence-electron chi connectivity index (χ0n) is 18.7. The van der Waals surface area contributed by atoms with Gasteiger partial charge in [-0.25, -0.2) is 9.97 Å². The smallest absolute Gasteiger partial charge is 0.231 e. The molecule has 0 aliphatic carbocycles. The topological polar surface area (TPSA) is 89.0 Å². The predicted molar refractivity (Wildman–Crippen MR) is 131 cm³/mol. The summed E-state index contributed by atoms with van der Waals surface area (Å²) in [5.74, 6) is -0.464. The normalized spacial score (nSPS) is 10.5. The summed E-state index contributed by atoms with van der Waals surface area (Å²) in [6, 6.07) is 25.2. The molecule has 3 aromatic carbocycles. The SMILES string of the molecule is CCC(=O)c1ccc(CC(=O)Nc2ncc(-c3ccccc3)c(C(=O)c3ccccc3)n2)cc1.